The Morgan fingerprint density at radius 2 is 1.74 bits per heavy atom. The number of pyridine rings is 2. The average Bonchev–Trinajstić information content (AvgIpc) is 3.02. The molecule has 3 N–H and O–H groups in total. The maximum Gasteiger partial charge on any atom is 0.283 e. The number of rotatable bonds is 5. The van der Waals surface area contributed by atoms with Crippen molar-refractivity contribution in [3.8, 4) is 22.7 Å². The molecule has 1 atom stereocenters. The molecule has 0 radical (unpaired) electrons. The predicted octanol–water partition coefficient (Wildman–Crippen LogP) is 4.35. The van der Waals surface area contributed by atoms with Gasteiger partial charge in [0.1, 0.15) is 23.3 Å². The van der Waals surface area contributed by atoms with Crippen molar-refractivity contribution < 1.29 is 19.1 Å². The summed E-state index contributed by atoms with van der Waals surface area (Å²) in [5.41, 5.74) is 7.05. The quantitative estimate of drug-likeness (QED) is 0.298. The van der Waals surface area contributed by atoms with Gasteiger partial charge in [0.25, 0.3) is 11.5 Å². The van der Waals surface area contributed by atoms with E-state index in [1.165, 1.54) is 45.7 Å². The molecule has 3 aromatic heterocycles. The Morgan fingerprint density at radius 1 is 1.09 bits per heavy atom. The number of hydrogen-bond donors (Lipinski definition) is 2. The third kappa shape index (κ3) is 4.96. The molecule has 0 saturated carbocycles. The number of carbonyl (C=O) groups excluding carboxylic acids is 2. The van der Waals surface area contributed by atoms with E-state index in [4.69, 9.17) is 22.3 Å². The minimum absolute atomic E-state index is 0.00333. The second kappa shape index (κ2) is 11.6. The highest BCUT2D eigenvalue weighted by molar-refractivity contribution is 6.34. The summed E-state index contributed by atoms with van der Waals surface area (Å²) in [5.74, 6) is -2.26. The number of nitrogen functional groups attached to an aromatic ring is 1. The molecule has 2 amide bonds. The largest absolute Gasteiger partial charge is 0.507 e. The number of phenols is 1. The molecule has 12 nitrogen and oxygen atoms in total. The van der Waals surface area contributed by atoms with Crippen LogP contribution in [-0.4, -0.2) is 74.1 Å². The summed E-state index contributed by atoms with van der Waals surface area (Å²) in [5, 5.41) is 11.1. The third-order valence-corrected chi connectivity index (χ3v) is 8.95. The Hall–Kier alpha value is -5.04. The molecule has 0 bridgehead atoms. The van der Waals surface area contributed by atoms with Gasteiger partial charge in [0.15, 0.2) is 5.65 Å². The molecule has 4 aromatic rings. The molecule has 244 valence electrons. The minimum atomic E-state index is -0.810. The van der Waals surface area contributed by atoms with Gasteiger partial charge in [-0.3, -0.25) is 19.0 Å². The van der Waals surface area contributed by atoms with Gasteiger partial charge in [0.2, 0.25) is 11.9 Å². The summed E-state index contributed by atoms with van der Waals surface area (Å²) in [4.78, 5) is 59.9. The molecule has 1 aromatic carbocycles. The van der Waals surface area contributed by atoms with Crippen LogP contribution in [0.25, 0.3) is 28.0 Å². The van der Waals surface area contributed by atoms with E-state index in [0.29, 0.717) is 28.1 Å². The average molecular weight is 661 g/mol. The number of nitrogens with two attached hydrogens (primary N) is 1. The number of fused-ring (bicyclic) bond motifs is 5. The molecule has 14 heteroatoms. The monoisotopic (exact) mass is 660 g/mol. The number of aromatic nitrogens is 4. The van der Waals surface area contributed by atoms with Crippen molar-refractivity contribution >= 4 is 51.8 Å². The van der Waals surface area contributed by atoms with Crippen LogP contribution in [-0.2, 0) is 9.59 Å². The van der Waals surface area contributed by atoms with Gasteiger partial charge in [0.05, 0.1) is 45.6 Å². The van der Waals surface area contributed by atoms with Crippen LogP contribution in [0.15, 0.2) is 41.7 Å². The van der Waals surface area contributed by atoms with E-state index in [-0.39, 0.29) is 82.6 Å². The molecular formula is C33H34ClFN8O4. The van der Waals surface area contributed by atoms with Crippen LogP contribution >= 0.6 is 11.6 Å². The summed E-state index contributed by atoms with van der Waals surface area (Å²) in [7, 11) is 1.51. The molecule has 0 aliphatic carbocycles. The lowest BCUT2D eigenvalue weighted by Crippen LogP contribution is -2.63. The number of phenolic OH excluding ortho intramolecular Hbond substituents is 1. The molecule has 5 heterocycles. The van der Waals surface area contributed by atoms with Gasteiger partial charge in [-0.1, -0.05) is 51.9 Å². The second-order valence-electron chi connectivity index (χ2n) is 12.3. The van der Waals surface area contributed by atoms with Crippen molar-refractivity contribution in [1.29, 1.82) is 0 Å². The van der Waals surface area contributed by atoms with Gasteiger partial charge in [-0.05, 0) is 36.1 Å². The SMILES string of the molecule is C=CC(=O)N1CCN2c3c(c(=O)n(-c4c(C(C)C)nc(N)nc4C(C)C)c4nc(-c5c(O)cccc5F)c(Cl)cc34)N(C)C(=O)[C@H]2C1. The van der Waals surface area contributed by atoms with Crippen LogP contribution in [0.3, 0.4) is 0 Å². The van der Waals surface area contributed by atoms with Crippen LogP contribution in [0, 0.1) is 5.82 Å². The first kappa shape index (κ1) is 31.9. The number of anilines is 3. The van der Waals surface area contributed by atoms with E-state index >= 15 is 4.39 Å². The molecule has 6 rings (SSSR count). The normalized spacial score (nSPS) is 16.2. The zero-order valence-electron chi connectivity index (χ0n) is 26.6. The summed E-state index contributed by atoms with van der Waals surface area (Å²) in [6.07, 6.45) is 1.20. The number of aromatic hydroxyl groups is 1. The van der Waals surface area contributed by atoms with E-state index in [0.717, 1.165) is 0 Å². The highest BCUT2D eigenvalue weighted by atomic mass is 35.5. The summed E-state index contributed by atoms with van der Waals surface area (Å²) in [6.45, 7) is 11.7. The van der Waals surface area contributed by atoms with E-state index in [1.807, 2.05) is 27.7 Å². The first-order valence-corrected chi connectivity index (χ1v) is 15.5. The fourth-order valence-corrected chi connectivity index (χ4v) is 6.69. The first-order chi connectivity index (χ1) is 22.3. The maximum absolute atomic E-state index is 15.3. The van der Waals surface area contributed by atoms with Gasteiger partial charge < -0.3 is 25.5 Å². The smallest absolute Gasteiger partial charge is 0.283 e. The van der Waals surface area contributed by atoms with Gasteiger partial charge in [-0.2, -0.15) is 0 Å². The predicted molar refractivity (Wildman–Crippen MR) is 179 cm³/mol. The van der Waals surface area contributed by atoms with Gasteiger partial charge in [-0.25, -0.2) is 19.3 Å². The number of halogens is 2. The fraction of sp³-hybridized carbons (Fsp3) is 0.333. The zero-order valence-corrected chi connectivity index (χ0v) is 27.3. The van der Waals surface area contributed by atoms with E-state index in [1.54, 1.807) is 11.0 Å². The van der Waals surface area contributed by atoms with Crippen molar-refractivity contribution in [1.82, 2.24) is 24.4 Å². The molecule has 1 fully saturated rings. The molecule has 0 unspecified atom stereocenters. The van der Waals surface area contributed by atoms with Crippen LogP contribution in [0.5, 0.6) is 5.75 Å². The van der Waals surface area contributed by atoms with Gasteiger partial charge >= 0.3 is 0 Å². The number of nitrogens with zero attached hydrogens (tertiary/aromatic N) is 7. The van der Waals surface area contributed by atoms with Crippen LogP contribution in [0.1, 0.15) is 50.9 Å². The topological polar surface area (TPSA) is 151 Å². The van der Waals surface area contributed by atoms with E-state index in [2.05, 4.69) is 16.5 Å². The summed E-state index contributed by atoms with van der Waals surface area (Å²) in [6, 6.07) is 4.60. The minimum Gasteiger partial charge on any atom is -0.507 e. The lowest BCUT2D eigenvalue weighted by molar-refractivity contribution is -0.128. The molecule has 2 aliphatic heterocycles. The molecule has 0 spiro atoms. The Kier molecular flexibility index (Phi) is 7.91. The lowest BCUT2D eigenvalue weighted by Gasteiger charge is -2.47. The summed E-state index contributed by atoms with van der Waals surface area (Å²) >= 11 is 6.84. The molecule has 1 saturated heterocycles. The Morgan fingerprint density at radius 3 is 2.34 bits per heavy atom. The highest BCUT2D eigenvalue weighted by Crippen LogP contribution is 2.44. The van der Waals surface area contributed by atoms with Crippen molar-refractivity contribution in [2.24, 2.45) is 0 Å². The summed E-state index contributed by atoms with van der Waals surface area (Å²) < 4.78 is 16.6. The van der Waals surface area contributed by atoms with Crippen molar-refractivity contribution in [3.05, 3.63) is 69.5 Å². The maximum atomic E-state index is 15.3. The van der Waals surface area contributed by atoms with Crippen molar-refractivity contribution in [2.45, 2.75) is 45.6 Å². The Balaban J connectivity index is 1.78. The Bertz CT molecular complexity index is 2010. The van der Waals surface area contributed by atoms with Gasteiger partial charge in [0, 0.05) is 25.5 Å². The number of benzene rings is 1. The third-order valence-electron chi connectivity index (χ3n) is 8.66. The number of hydrogen-bond acceptors (Lipinski definition) is 9. The number of piperazine rings is 1. The lowest BCUT2D eigenvalue weighted by atomic mass is 9.98. The van der Waals surface area contributed by atoms with Gasteiger partial charge in [-0.15, -0.1) is 0 Å². The molecule has 47 heavy (non-hydrogen) atoms. The van der Waals surface area contributed by atoms with Crippen LogP contribution in [0.2, 0.25) is 5.02 Å². The number of amides is 2. The van der Waals surface area contributed by atoms with E-state index in [9.17, 15) is 19.5 Å². The molecular weight excluding hydrogens is 627 g/mol. The number of carbonyl (C=O) groups is 2. The number of likely N-dealkylation sites (N-methyl/N-ethyl adjacent to an activating group) is 1. The van der Waals surface area contributed by atoms with E-state index < -0.39 is 17.4 Å². The highest BCUT2D eigenvalue weighted by Gasteiger charge is 2.44. The first-order valence-electron chi connectivity index (χ1n) is 15.2. The van der Waals surface area contributed by atoms with Crippen molar-refractivity contribution in [3.63, 3.8) is 0 Å². The fourth-order valence-electron chi connectivity index (χ4n) is 6.45. The standard InChI is InChI=1S/C33H34ClFN8O4/c1-7-22(45)41-11-12-42-20(14-41)31(46)40(6)29-27(42)17-13-18(34)26(23-19(35)9-8-10-21(23)44)37-30(17)43(32(29)47)28-24(15(2)3)38-33(36)39-25(28)16(4)5/h7-10,13,15-16,20,44H,1,11-12,14H2,2-6H3,(H2,36,38,39)/t20-/m1/s1. The van der Waals surface area contributed by atoms with Crippen molar-refractivity contribution in [2.75, 3.05) is 42.2 Å². The Labute approximate surface area is 274 Å². The molecule has 2 aliphatic rings. The van der Waals surface area contributed by atoms with Crippen LogP contribution < -0.4 is 21.1 Å². The van der Waals surface area contributed by atoms with Crippen LogP contribution in [0.4, 0.5) is 21.7 Å². The zero-order chi connectivity index (χ0) is 34.1. The second-order valence-corrected chi connectivity index (χ2v) is 12.7.